The van der Waals surface area contributed by atoms with Gasteiger partial charge in [-0.25, -0.2) is 4.98 Å². The number of amides is 2. The van der Waals surface area contributed by atoms with Crippen LogP contribution in [0.4, 0.5) is 5.82 Å². The van der Waals surface area contributed by atoms with Gasteiger partial charge in [-0.3, -0.25) is 14.5 Å². The van der Waals surface area contributed by atoms with Gasteiger partial charge in [0.2, 0.25) is 11.8 Å². The smallest absolute Gasteiger partial charge is 0.242 e. The van der Waals surface area contributed by atoms with Crippen molar-refractivity contribution in [2.45, 2.75) is 19.9 Å². The molecular formula is C14H19BrN4O2. The third-order valence-electron chi connectivity index (χ3n) is 3.66. The second-order valence-electron chi connectivity index (χ2n) is 5.07. The minimum absolute atomic E-state index is 0.0862. The molecule has 1 saturated heterocycles. The number of carbonyl (C=O) groups excluding carboxylic acids is 2. The highest BCUT2D eigenvalue weighted by Crippen LogP contribution is 2.14. The van der Waals surface area contributed by atoms with Gasteiger partial charge in [-0.1, -0.05) is 15.9 Å². The van der Waals surface area contributed by atoms with Crippen molar-refractivity contribution in [1.29, 1.82) is 0 Å². The Morgan fingerprint density at radius 2 is 2.00 bits per heavy atom. The molecule has 6 nitrogen and oxygen atoms in total. The lowest BCUT2D eigenvalue weighted by Crippen LogP contribution is -2.53. The van der Waals surface area contributed by atoms with Crippen LogP contribution >= 0.6 is 15.9 Å². The second kappa shape index (κ2) is 7.00. The molecule has 7 heteroatoms. The van der Waals surface area contributed by atoms with Gasteiger partial charge in [-0.2, -0.15) is 0 Å². The summed E-state index contributed by atoms with van der Waals surface area (Å²) in [5.41, 5.74) is 0. The largest absolute Gasteiger partial charge is 0.340 e. The van der Waals surface area contributed by atoms with E-state index in [4.69, 9.17) is 0 Å². The van der Waals surface area contributed by atoms with Gasteiger partial charge < -0.3 is 10.2 Å². The maximum atomic E-state index is 12.2. The van der Waals surface area contributed by atoms with Gasteiger partial charge in [-0.15, -0.1) is 0 Å². The van der Waals surface area contributed by atoms with E-state index in [2.05, 4.69) is 31.1 Å². The molecule has 0 aromatic carbocycles. The number of carbonyl (C=O) groups is 2. The lowest BCUT2D eigenvalue weighted by atomic mass is 10.2. The fourth-order valence-corrected chi connectivity index (χ4v) is 2.63. The van der Waals surface area contributed by atoms with Crippen LogP contribution in [0.5, 0.6) is 0 Å². The Morgan fingerprint density at radius 3 is 2.57 bits per heavy atom. The second-order valence-corrected chi connectivity index (χ2v) is 5.98. The average Bonchev–Trinajstić information content (AvgIpc) is 2.46. The molecule has 1 aliphatic heterocycles. The van der Waals surface area contributed by atoms with Crippen LogP contribution < -0.4 is 5.32 Å². The van der Waals surface area contributed by atoms with Crippen molar-refractivity contribution in [3.8, 4) is 0 Å². The van der Waals surface area contributed by atoms with Gasteiger partial charge in [-0.05, 0) is 19.1 Å². The predicted octanol–water partition coefficient (Wildman–Crippen LogP) is 1.34. The molecule has 1 aliphatic rings. The fraction of sp³-hybridized carbons (Fsp3) is 0.500. The molecule has 114 valence electrons. The number of pyridine rings is 1. The van der Waals surface area contributed by atoms with Gasteiger partial charge in [0.1, 0.15) is 5.82 Å². The Hall–Kier alpha value is -1.47. The zero-order valence-corrected chi connectivity index (χ0v) is 13.8. The van der Waals surface area contributed by atoms with Crippen molar-refractivity contribution in [1.82, 2.24) is 14.8 Å². The van der Waals surface area contributed by atoms with E-state index in [1.807, 2.05) is 6.92 Å². The number of hydrogen-bond donors (Lipinski definition) is 1. The molecule has 1 aromatic rings. The zero-order chi connectivity index (χ0) is 15.4. The average molecular weight is 355 g/mol. The number of piperazine rings is 1. The summed E-state index contributed by atoms with van der Waals surface area (Å²) in [6.45, 7) is 6.20. The summed E-state index contributed by atoms with van der Waals surface area (Å²) in [5, 5.41) is 2.81. The van der Waals surface area contributed by atoms with Crippen molar-refractivity contribution in [2.75, 3.05) is 31.5 Å². The molecular weight excluding hydrogens is 336 g/mol. The molecule has 0 radical (unpaired) electrons. The summed E-state index contributed by atoms with van der Waals surface area (Å²) >= 11 is 3.35. The quantitative estimate of drug-likeness (QED) is 0.889. The minimum Gasteiger partial charge on any atom is -0.340 e. The molecule has 0 bridgehead atoms. The minimum atomic E-state index is -0.250. The summed E-state index contributed by atoms with van der Waals surface area (Å²) in [6, 6.07) is 3.32. The van der Waals surface area contributed by atoms with E-state index in [0.717, 1.165) is 4.47 Å². The van der Waals surface area contributed by atoms with Crippen LogP contribution in [-0.2, 0) is 9.59 Å². The molecule has 1 N–H and O–H groups in total. The molecule has 1 aromatic heterocycles. The van der Waals surface area contributed by atoms with Gasteiger partial charge in [0.05, 0.1) is 6.04 Å². The third kappa shape index (κ3) is 4.25. The summed E-state index contributed by atoms with van der Waals surface area (Å²) in [4.78, 5) is 31.5. The number of rotatable bonds is 3. The first-order chi connectivity index (χ1) is 9.97. The fourth-order valence-electron chi connectivity index (χ4n) is 2.29. The maximum Gasteiger partial charge on any atom is 0.242 e. The van der Waals surface area contributed by atoms with Crippen molar-refractivity contribution < 1.29 is 9.59 Å². The van der Waals surface area contributed by atoms with Crippen molar-refractivity contribution in [3.05, 3.63) is 22.8 Å². The summed E-state index contributed by atoms with van der Waals surface area (Å²) in [6.07, 6.45) is 1.63. The van der Waals surface area contributed by atoms with E-state index in [0.29, 0.717) is 32.0 Å². The van der Waals surface area contributed by atoms with Crippen LogP contribution in [0.15, 0.2) is 22.8 Å². The SMILES string of the molecule is CC(=O)N1CCN(C(C)C(=O)Nc2cc(Br)ccn2)CC1. The van der Waals surface area contributed by atoms with Gasteiger partial charge in [0.25, 0.3) is 0 Å². The highest BCUT2D eigenvalue weighted by atomic mass is 79.9. The highest BCUT2D eigenvalue weighted by molar-refractivity contribution is 9.10. The highest BCUT2D eigenvalue weighted by Gasteiger charge is 2.26. The predicted molar refractivity (Wildman–Crippen MR) is 83.9 cm³/mol. The molecule has 0 spiro atoms. The van der Waals surface area contributed by atoms with Gasteiger partial charge in [0.15, 0.2) is 0 Å². The number of aromatic nitrogens is 1. The van der Waals surface area contributed by atoms with E-state index in [9.17, 15) is 9.59 Å². The standard InChI is InChI=1S/C14H19BrN4O2/c1-10(18-5-7-19(8-6-18)11(2)20)14(21)17-13-9-12(15)3-4-16-13/h3-4,9-10H,5-8H2,1-2H3,(H,16,17,21). The normalized spacial score (nSPS) is 17.4. The number of nitrogens with one attached hydrogen (secondary N) is 1. The van der Waals surface area contributed by atoms with Crippen LogP contribution in [0.1, 0.15) is 13.8 Å². The van der Waals surface area contributed by atoms with E-state index < -0.39 is 0 Å². The van der Waals surface area contributed by atoms with Crippen LogP contribution in [0.2, 0.25) is 0 Å². The van der Waals surface area contributed by atoms with Gasteiger partial charge >= 0.3 is 0 Å². The van der Waals surface area contributed by atoms with Crippen LogP contribution in [0, 0.1) is 0 Å². The topological polar surface area (TPSA) is 65.5 Å². The Labute approximate surface area is 132 Å². The lowest BCUT2D eigenvalue weighted by Gasteiger charge is -2.36. The van der Waals surface area contributed by atoms with E-state index in [-0.39, 0.29) is 17.9 Å². The Kier molecular flexibility index (Phi) is 5.30. The summed E-state index contributed by atoms with van der Waals surface area (Å²) in [7, 11) is 0. The number of halogens is 1. The van der Waals surface area contributed by atoms with Crippen LogP contribution in [0.25, 0.3) is 0 Å². The molecule has 2 rings (SSSR count). The summed E-state index contributed by atoms with van der Waals surface area (Å²) in [5.74, 6) is 0.533. The number of nitrogens with zero attached hydrogens (tertiary/aromatic N) is 3. The van der Waals surface area contributed by atoms with Crippen molar-refractivity contribution in [2.24, 2.45) is 0 Å². The van der Waals surface area contributed by atoms with E-state index in [1.54, 1.807) is 30.2 Å². The monoisotopic (exact) mass is 354 g/mol. The Balaban J connectivity index is 1.90. The zero-order valence-electron chi connectivity index (χ0n) is 12.2. The molecule has 2 heterocycles. The van der Waals surface area contributed by atoms with Crippen LogP contribution in [-0.4, -0.2) is 58.8 Å². The van der Waals surface area contributed by atoms with Crippen molar-refractivity contribution in [3.63, 3.8) is 0 Å². The lowest BCUT2D eigenvalue weighted by molar-refractivity contribution is -0.131. The molecule has 21 heavy (non-hydrogen) atoms. The van der Waals surface area contributed by atoms with Gasteiger partial charge in [0, 0.05) is 43.8 Å². The Morgan fingerprint density at radius 1 is 1.33 bits per heavy atom. The molecule has 0 aliphatic carbocycles. The molecule has 2 amide bonds. The first-order valence-corrected chi connectivity index (χ1v) is 7.68. The summed E-state index contributed by atoms with van der Waals surface area (Å²) < 4.78 is 0.871. The molecule has 1 unspecified atom stereocenters. The maximum absolute atomic E-state index is 12.2. The molecule has 1 fully saturated rings. The number of hydrogen-bond acceptors (Lipinski definition) is 4. The Bertz CT molecular complexity index is 529. The molecule has 0 saturated carbocycles. The van der Waals surface area contributed by atoms with E-state index in [1.165, 1.54) is 0 Å². The first-order valence-electron chi connectivity index (χ1n) is 6.89. The first kappa shape index (κ1) is 15.9. The number of anilines is 1. The third-order valence-corrected chi connectivity index (χ3v) is 4.15. The molecule has 1 atom stereocenters. The van der Waals surface area contributed by atoms with Crippen molar-refractivity contribution >= 4 is 33.6 Å². The van der Waals surface area contributed by atoms with E-state index >= 15 is 0 Å². The van der Waals surface area contributed by atoms with Crippen LogP contribution in [0.3, 0.4) is 0 Å².